The van der Waals surface area contributed by atoms with E-state index in [-0.39, 0.29) is 59.9 Å². The molecular formula is C42H52N2O13. The molecule has 6 rings (SSSR count). The van der Waals surface area contributed by atoms with E-state index in [0.29, 0.717) is 0 Å². The van der Waals surface area contributed by atoms with Crippen molar-refractivity contribution in [1.29, 1.82) is 0 Å². The molecule has 1 aromatic rings. The number of phenolic OH excluding ortho intramolecular Hbond substituents is 1. The number of hydrogen-bond acceptors (Lipinski definition) is 14. The van der Waals surface area contributed by atoms with Gasteiger partial charge in [0.15, 0.2) is 0 Å². The highest BCUT2D eigenvalue weighted by molar-refractivity contribution is 6.32. The van der Waals surface area contributed by atoms with Crippen molar-refractivity contribution in [2.75, 3.05) is 20.2 Å². The van der Waals surface area contributed by atoms with Gasteiger partial charge in [0.1, 0.15) is 34.8 Å². The zero-order valence-electron chi connectivity index (χ0n) is 33.7. The van der Waals surface area contributed by atoms with Crippen molar-refractivity contribution < 1.29 is 63.0 Å². The molecule has 1 aliphatic carbocycles. The molecule has 1 saturated heterocycles. The van der Waals surface area contributed by atoms with Crippen LogP contribution in [0.25, 0.3) is 0 Å². The summed E-state index contributed by atoms with van der Waals surface area (Å²) in [5, 5.41) is 36.8. The van der Waals surface area contributed by atoms with Gasteiger partial charge in [0.25, 0.3) is 11.7 Å². The number of ketones is 4. The molecule has 9 atom stereocenters. The molecule has 0 unspecified atom stereocenters. The van der Waals surface area contributed by atoms with Gasteiger partial charge in [0.2, 0.25) is 11.6 Å². The number of aliphatic hydroxyl groups is 2. The minimum atomic E-state index is -2.10. The van der Waals surface area contributed by atoms with E-state index in [0.717, 1.165) is 6.26 Å². The van der Waals surface area contributed by atoms with E-state index in [2.05, 4.69) is 5.32 Å². The Morgan fingerprint density at radius 1 is 0.912 bits per heavy atom. The number of rotatable bonds is 3. The summed E-state index contributed by atoms with van der Waals surface area (Å²) in [6.45, 7) is 12.4. The molecule has 0 radical (unpaired) electrons. The maximum Gasteiger partial charge on any atom is 0.312 e. The number of nitrogens with zero attached hydrogens (tertiary/aromatic N) is 1. The Hall–Kier alpha value is -5.12. The van der Waals surface area contributed by atoms with Crippen LogP contribution < -0.4 is 10.1 Å². The zero-order valence-corrected chi connectivity index (χ0v) is 33.7. The number of benzene rings is 1. The molecule has 15 heteroatoms. The van der Waals surface area contributed by atoms with Crippen molar-refractivity contribution in [3.05, 3.63) is 69.8 Å². The first-order valence-electron chi connectivity index (χ1n) is 19.1. The number of fused-ring (bicyclic) bond motifs is 14. The summed E-state index contributed by atoms with van der Waals surface area (Å²) in [6, 6.07) is 0. The molecule has 4 heterocycles. The average Bonchev–Trinajstić information content (AvgIpc) is 3.43. The number of methoxy groups -OCH3 is 1. The minimum Gasteiger partial charge on any atom is -0.507 e. The van der Waals surface area contributed by atoms with Crippen molar-refractivity contribution >= 4 is 35.0 Å². The van der Waals surface area contributed by atoms with Gasteiger partial charge in [0.05, 0.1) is 41.3 Å². The molecule has 0 spiro atoms. The molecule has 0 aromatic heterocycles. The third-order valence-electron chi connectivity index (χ3n) is 11.6. The van der Waals surface area contributed by atoms with Crippen LogP contribution in [-0.2, 0) is 28.6 Å². The fourth-order valence-corrected chi connectivity index (χ4v) is 7.96. The normalized spacial score (nSPS) is 33.6. The number of carbonyl (C=O) groups is 6. The lowest BCUT2D eigenvalue weighted by Gasteiger charge is -2.38. The molecule has 1 fully saturated rings. The van der Waals surface area contributed by atoms with Gasteiger partial charge >= 0.3 is 11.8 Å². The Kier molecular flexibility index (Phi) is 12.7. The Morgan fingerprint density at radius 3 is 2.18 bits per heavy atom. The van der Waals surface area contributed by atoms with E-state index in [4.69, 9.17) is 18.9 Å². The van der Waals surface area contributed by atoms with E-state index in [1.807, 2.05) is 0 Å². The number of amides is 1. The smallest absolute Gasteiger partial charge is 0.312 e. The summed E-state index contributed by atoms with van der Waals surface area (Å²) in [4.78, 5) is 83.2. The number of ether oxygens (including phenoxy) is 4. The number of aromatic hydroxyl groups is 1. The second kappa shape index (κ2) is 16.8. The summed E-state index contributed by atoms with van der Waals surface area (Å²) in [5.74, 6) is -9.47. The first-order valence-corrected chi connectivity index (χ1v) is 19.1. The van der Waals surface area contributed by atoms with Crippen LogP contribution in [0.2, 0.25) is 0 Å². The lowest BCUT2D eigenvalue weighted by molar-refractivity contribution is -0.160. The summed E-state index contributed by atoms with van der Waals surface area (Å²) in [5.41, 5.74) is -1.78. The number of aliphatic hydroxyl groups excluding tert-OH is 2. The molecule has 5 aliphatic rings. The Balaban J connectivity index is 1.67. The van der Waals surface area contributed by atoms with Gasteiger partial charge in [-0.25, -0.2) is 0 Å². The standard InChI is InChI=1S/C42H52N2O13/c1-19-11-10-12-20(2)41(53)43-31-32(44-16-13-26(46)14-17-44)37(51)28-29(36(31)50)35(49)24(6)39-30(28)40(52)42(8,57-39)55-18-15-27(54-9)21(3)38(56-25(7)45)23(5)34(48)22(4)33(19)47/h10-12,15,18-19,21-23,27,33-34,38,47-49H,13-14,16-17H2,1-9H3,(H,43,53)/b11-10+,18-15+,20-12+/t19-,21+,22+,23+,27-,33-,34+,38+,42-/m0/s1. The fraction of sp³-hybridized carbons (Fsp3) is 0.524. The van der Waals surface area contributed by atoms with Gasteiger partial charge < -0.3 is 44.5 Å². The number of likely N-dealkylation sites (tertiary alicyclic amines) is 1. The second-order valence-corrected chi connectivity index (χ2v) is 15.5. The number of Topliss-reactive ketones (excluding diaryl/α,β-unsaturated/α-hetero) is 4. The van der Waals surface area contributed by atoms with Gasteiger partial charge in [-0.3, -0.25) is 28.8 Å². The molecule has 0 saturated carbocycles. The first-order chi connectivity index (χ1) is 26.7. The van der Waals surface area contributed by atoms with Gasteiger partial charge in [-0.05, 0) is 19.9 Å². The number of nitrogens with one attached hydrogen (secondary N) is 1. The second-order valence-electron chi connectivity index (χ2n) is 15.5. The average molecular weight is 793 g/mol. The minimum absolute atomic E-state index is 0.0234. The number of allylic oxidation sites excluding steroid dienone is 4. The summed E-state index contributed by atoms with van der Waals surface area (Å²) >= 11 is 0. The molecule has 1 amide bonds. The number of phenols is 1. The molecule has 1 aromatic carbocycles. The first kappa shape index (κ1) is 43.0. The van der Waals surface area contributed by atoms with E-state index < -0.39 is 106 Å². The molecule has 15 nitrogen and oxygen atoms in total. The number of hydrogen-bond donors (Lipinski definition) is 4. The Bertz CT molecular complexity index is 1990. The highest BCUT2D eigenvalue weighted by Crippen LogP contribution is 2.49. The van der Waals surface area contributed by atoms with Crippen LogP contribution in [-0.4, -0.2) is 106 Å². The SMILES string of the molecule is CO[C@H]1/C=C/O[C@@]2(C)Oc3c(C)c(O)c4c(c3C2=O)C(=O)C(N2CCC(=O)CC2)=C(NC(=O)/C(C)=C/C=C/[C@H](C)[C@H](O)[C@@H](C)[C@@H](O)[C@@H](C)[C@H](OC(C)=O)[C@@H]1C)C4=O. The number of piperidine rings is 1. The van der Waals surface area contributed by atoms with Crippen molar-refractivity contribution in [2.24, 2.45) is 23.7 Å². The fourth-order valence-electron chi connectivity index (χ4n) is 7.96. The van der Waals surface area contributed by atoms with Gasteiger partial charge in [-0.2, -0.15) is 0 Å². The Labute approximate surface area is 331 Å². The van der Waals surface area contributed by atoms with Crippen LogP contribution in [0.3, 0.4) is 0 Å². The van der Waals surface area contributed by atoms with Gasteiger partial charge in [0, 0.05) is 81.7 Å². The number of esters is 1. The molecule has 4 aliphatic heterocycles. The molecule has 5 bridgehead atoms. The maximum atomic E-state index is 14.7. The van der Waals surface area contributed by atoms with E-state index in [9.17, 15) is 44.1 Å². The third-order valence-corrected chi connectivity index (χ3v) is 11.6. The summed E-state index contributed by atoms with van der Waals surface area (Å²) < 4.78 is 23.4. The lowest BCUT2D eigenvalue weighted by atomic mass is 9.78. The van der Waals surface area contributed by atoms with Crippen molar-refractivity contribution in [3.8, 4) is 11.5 Å². The van der Waals surface area contributed by atoms with E-state index in [1.54, 1.807) is 39.8 Å². The predicted molar refractivity (Wildman–Crippen MR) is 204 cm³/mol. The largest absolute Gasteiger partial charge is 0.507 e. The number of carbonyl (C=O) groups excluding carboxylic acids is 6. The molecule has 4 N–H and O–H groups in total. The van der Waals surface area contributed by atoms with Crippen LogP contribution in [0.5, 0.6) is 11.5 Å². The predicted octanol–water partition coefficient (Wildman–Crippen LogP) is 3.62. The van der Waals surface area contributed by atoms with Crippen molar-refractivity contribution in [1.82, 2.24) is 10.2 Å². The Morgan fingerprint density at radius 2 is 1.56 bits per heavy atom. The lowest BCUT2D eigenvalue weighted by Crippen LogP contribution is -2.46. The maximum absolute atomic E-state index is 14.7. The van der Waals surface area contributed by atoms with Gasteiger partial charge in [-0.1, -0.05) is 45.9 Å². The zero-order chi connectivity index (χ0) is 42.3. The van der Waals surface area contributed by atoms with E-state index >= 15 is 0 Å². The quantitative estimate of drug-likeness (QED) is 0.322. The summed E-state index contributed by atoms with van der Waals surface area (Å²) in [6.07, 6.45) is 3.43. The van der Waals surface area contributed by atoms with Crippen molar-refractivity contribution in [2.45, 2.75) is 98.4 Å². The van der Waals surface area contributed by atoms with Crippen molar-refractivity contribution in [3.63, 3.8) is 0 Å². The third kappa shape index (κ3) is 8.05. The van der Waals surface area contributed by atoms with Gasteiger partial charge in [-0.15, -0.1) is 0 Å². The molecular weight excluding hydrogens is 740 g/mol. The topological polar surface area (TPSA) is 215 Å². The molecule has 57 heavy (non-hydrogen) atoms. The monoisotopic (exact) mass is 792 g/mol. The highest BCUT2D eigenvalue weighted by Gasteiger charge is 2.53. The highest BCUT2D eigenvalue weighted by atomic mass is 16.7. The van der Waals surface area contributed by atoms with Crippen LogP contribution in [0.4, 0.5) is 0 Å². The van der Waals surface area contributed by atoms with Crippen LogP contribution in [0.15, 0.2) is 47.5 Å². The van der Waals surface area contributed by atoms with Crippen LogP contribution in [0, 0.1) is 30.6 Å². The summed E-state index contributed by atoms with van der Waals surface area (Å²) in [7, 11) is 1.42. The molecule has 308 valence electrons. The van der Waals surface area contributed by atoms with E-state index in [1.165, 1.54) is 51.9 Å². The van der Waals surface area contributed by atoms with Crippen LogP contribution >= 0.6 is 0 Å². The van der Waals surface area contributed by atoms with Crippen LogP contribution in [0.1, 0.15) is 97.9 Å².